The molecule has 2 atom stereocenters. The molecule has 2 unspecified atom stereocenters. The van der Waals surface area contributed by atoms with Gasteiger partial charge in [0.05, 0.1) is 0 Å². The Hall–Kier alpha value is -2.67. The summed E-state index contributed by atoms with van der Waals surface area (Å²) in [6.45, 7) is 0. The van der Waals surface area contributed by atoms with Gasteiger partial charge in [-0.1, -0.05) is 18.1 Å². The molecule has 2 heterocycles. The number of amides is 1. The zero-order chi connectivity index (χ0) is 17.2. The van der Waals surface area contributed by atoms with Gasteiger partial charge in [0.2, 0.25) is 0 Å². The van der Waals surface area contributed by atoms with Crippen molar-refractivity contribution in [2.45, 2.75) is 44.1 Å². The molecule has 2 aliphatic carbocycles. The van der Waals surface area contributed by atoms with Crippen molar-refractivity contribution < 1.29 is 4.79 Å². The maximum absolute atomic E-state index is 12.6. The van der Waals surface area contributed by atoms with Gasteiger partial charge < -0.3 is 5.32 Å². The number of rotatable bonds is 2. The Morgan fingerprint density at radius 3 is 2.60 bits per heavy atom. The van der Waals surface area contributed by atoms with Crippen molar-refractivity contribution in [3.05, 3.63) is 60.2 Å². The highest BCUT2D eigenvalue weighted by molar-refractivity contribution is 5.92. The fourth-order valence-corrected chi connectivity index (χ4v) is 4.27. The van der Waals surface area contributed by atoms with Crippen LogP contribution in [-0.4, -0.2) is 21.4 Å². The van der Waals surface area contributed by atoms with E-state index in [4.69, 9.17) is 0 Å². The molecule has 4 nitrogen and oxygen atoms in total. The number of aromatic nitrogens is 2. The molecule has 2 aromatic rings. The Kier molecular flexibility index (Phi) is 4.01. The predicted octanol–water partition coefficient (Wildman–Crippen LogP) is 3.35. The van der Waals surface area contributed by atoms with Crippen LogP contribution in [0.3, 0.4) is 0 Å². The molecule has 2 aliphatic rings. The smallest absolute Gasteiger partial charge is 0.270 e. The summed E-state index contributed by atoms with van der Waals surface area (Å²) in [4.78, 5) is 21.0. The first-order valence-corrected chi connectivity index (χ1v) is 8.87. The Labute approximate surface area is 148 Å². The molecule has 2 bridgehead atoms. The lowest BCUT2D eigenvalue weighted by Crippen LogP contribution is -2.49. The Morgan fingerprint density at radius 2 is 1.84 bits per heavy atom. The molecule has 4 heteroatoms. The number of fused-ring (bicyclic) bond motifs is 2. The van der Waals surface area contributed by atoms with E-state index in [-0.39, 0.29) is 16.9 Å². The van der Waals surface area contributed by atoms with Gasteiger partial charge in [-0.15, -0.1) is 0 Å². The molecular formula is C21H21N3O. The quantitative estimate of drug-likeness (QED) is 0.859. The van der Waals surface area contributed by atoms with Gasteiger partial charge in [0.15, 0.2) is 0 Å². The van der Waals surface area contributed by atoms with Crippen molar-refractivity contribution in [3.63, 3.8) is 0 Å². The summed E-state index contributed by atoms with van der Waals surface area (Å²) < 4.78 is 0. The molecule has 4 rings (SSSR count). The first-order valence-electron chi connectivity index (χ1n) is 8.87. The van der Waals surface area contributed by atoms with Crippen LogP contribution in [0.5, 0.6) is 0 Å². The highest BCUT2D eigenvalue weighted by Gasteiger charge is 2.51. The summed E-state index contributed by atoms with van der Waals surface area (Å²) in [5, 5.41) is 3.28. The largest absolute Gasteiger partial charge is 0.345 e. The van der Waals surface area contributed by atoms with Crippen LogP contribution in [0.1, 0.15) is 54.7 Å². The normalized spacial score (nSPS) is 27.2. The molecule has 0 spiro atoms. The van der Waals surface area contributed by atoms with Crippen LogP contribution in [0.15, 0.2) is 48.8 Å². The lowest BCUT2D eigenvalue weighted by atomic mass is 9.73. The Morgan fingerprint density at radius 1 is 1.00 bits per heavy atom. The average Bonchev–Trinajstić information content (AvgIpc) is 2.92. The maximum Gasteiger partial charge on any atom is 0.270 e. The molecule has 2 saturated carbocycles. The van der Waals surface area contributed by atoms with E-state index in [0.717, 1.165) is 44.2 Å². The summed E-state index contributed by atoms with van der Waals surface area (Å²) in [6, 6.07) is 11.2. The predicted molar refractivity (Wildman–Crippen MR) is 95.7 cm³/mol. The SMILES string of the molecule is O=C(NC12CCCC(C#Cc3ccccn3)(CC1)C2)c1ccccn1. The second kappa shape index (κ2) is 6.33. The van der Waals surface area contributed by atoms with Crippen molar-refractivity contribution in [1.29, 1.82) is 0 Å². The molecule has 25 heavy (non-hydrogen) atoms. The molecular weight excluding hydrogens is 310 g/mol. The van der Waals surface area contributed by atoms with Gasteiger partial charge in [0, 0.05) is 23.3 Å². The molecule has 0 aromatic carbocycles. The lowest BCUT2D eigenvalue weighted by molar-refractivity contribution is 0.0866. The number of carbonyl (C=O) groups is 1. The van der Waals surface area contributed by atoms with Gasteiger partial charge in [-0.3, -0.25) is 9.78 Å². The highest BCUT2D eigenvalue weighted by atomic mass is 16.2. The summed E-state index contributed by atoms with van der Waals surface area (Å²) in [5.74, 6) is 6.68. The van der Waals surface area contributed by atoms with Gasteiger partial charge in [-0.25, -0.2) is 4.98 Å². The monoisotopic (exact) mass is 331 g/mol. The first-order chi connectivity index (χ1) is 12.2. The van der Waals surface area contributed by atoms with Crippen molar-refractivity contribution in [2.75, 3.05) is 0 Å². The third kappa shape index (κ3) is 3.28. The van der Waals surface area contributed by atoms with Crippen LogP contribution in [0.25, 0.3) is 0 Å². The summed E-state index contributed by atoms with van der Waals surface area (Å²) in [5.41, 5.74) is 1.18. The second-order valence-electron chi connectivity index (χ2n) is 7.23. The van der Waals surface area contributed by atoms with Gasteiger partial charge in [-0.05, 0) is 68.7 Å². The molecule has 2 aromatic heterocycles. The number of nitrogens with one attached hydrogen (secondary N) is 1. The molecule has 2 fully saturated rings. The van der Waals surface area contributed by atoms with E-state index in [1.165, 1.54) is 0 Å². The number of carbonyl (C=O) groups excluding carboxylic acids is 1. The second-order valence-corrected chi connectivity index (χ2v) is 7.23. The van der Waals surface area contributed by atoms with E-state index in [2.05, 4.69) is 27.1 Å². The van der Waals surface area contributed by atoms with Crippen molar-refractivity contribution in [2.24, 2.45) is 5.41 Å². The van der Waals surface area contributed by atoms with E-state index in [0.29, 0.717) is 5.69 Å². The maximum atomic E-state index is 12.6. The summed E-state index contributed by atoms with van der Waals surface area (Å²) >= 11 is 0. The third-order valence-corrected chi connectivity index (χ3v) is 5.47. The van der Waals surface area contributed by atoms with Crippen molar-refractivity contribution >= 4 is 5.91 Å². The zero-order valence-corrected chi connectivity index (χ0v) is 14.2. The van der Waals surface area contributed by atoms with Crippen molar-refractivity contribution in [3.8, 4) is 11.8 Å². The van der Waals surface area contributed by atoms with Gasteiger partial charge in [-0.2, -0.15) is 0 Å². The molecule has 126 valence electrons. The minimum absolute atomic E-state index is 0.00711. The summed E-state index contributed by atoms with van der Waals surface area (Å²) in [6.07, 6.45) is 9.61. The molecule has 0 saturated heterocycles. The van der Waals surface area contributed by atoms with Crippen LogP contribution in [0, 0.1) is 17.3 Å². The number of pyridine rings is 2. The molecule has 1 N–H and O–H groups in total. The van der Waals surface area contributed by atoms with E-state index in [1.54, 1.807) is 18.5 Å². The van der Waals surface area contributed by atoms with Gasteiger partial charge in [0.1, 0.15) is 11.4 Å². The van der Waals surface area contributed by atoms with Crippen molar-refractivity contribution in [1.82, 2.24) is 15.3 Å². The van der Waals surface area contributed by atoms with Gasteiger partial charge in [0.25, 0.3) is 5.91 Å². The van der Waals surface area contributed by atoms with Gasteiger partial charge >= 0.3 is 0 Å². The van der Waals surface area contributed by atoms with E-state index < -0.39 is 0 Å². The molecule has 0 aliphatic heterocycles. The standard InChI is InChI=1S/C21H21N3O/c25-19(18-7-2-4-15-23-18)24-21-10-5-9-20(16-21,12-13-21)11-8-17-6-1-3-14-22-17/h1-4,6-7,14-15H,5,9-10,12-13,16H2,(H,24,25). The molecule has 1 amide bonds. The van der Waals surface area contributed by atoms with Crippen LogP contribution in [-0.2, 0) is 0 Å². The Balaban J connectivity index is 1.52. The average molecular weight is 331 g/mol. The number of hydrogen-bond donors (Lipinski definition) is 1. The lowest BCUT2D eigenvalue weighted by Gasteiger charge is -2.37. The first kappa shape index (κ1) is 15.8. The fourth-order valence-electron chi connectivity index (χ4n) is 4.27. The highest BCUT2D eigenvalue weighted by Crippen LogP contribution is 2.53. The van der Waals surface area contributed by atoms with E-state index >= 15 is 0 Å². The molecule has 0 radical (unpaired) electrons. The van der Waals surface area contributed by atoms with E-state index in [9.17, 15) is 4.79 Å². The number of nitrogens with zero attached hydrogens (tertiary/aromatic N) is 2. The van der Waals surface area contributed by atoms with Crippen LogP contribution < -0.4 is 5.32 Å². The summed E-state index contributed by atoms with van der Waals surface area (Å²) in [7, 11) is 0. The Bertz CT molecular complexity index is 824. The van der Waals surface area contributed by atoms with Crippen LogP contribution in [0.4, 0.5) is 0 Å². The minimum atomic E-state index is -0.133. The minimum Gasteiger partial charge on any atom is -0.345 e. The van der Waals surface area contributed by atoms with Crippen LogP contribution in [0.2, 0.25) is 0 Å². The van der Waals surface area contributed by atoms with E-state index in [1.807, 2.05) is 30.3 Å². The van der Waals surface area contributed by atoms with Crippen LogP contribution >= 0.6 is 0 Å². The third-order valence-electron chi connectivity index (χ3n) is 5.47. The number of hydrogen-bond acceptors (Lipinski definition) is 3. The fraction of sp³-hybridized carbons (Fsp3) is 0.381. The zero-order valence-electron chi connectivity index (χ0n) is 14.2. The topological polar surface area (TPSA) is 54.9 Å².